The largest absolute Gasteiger partial charge is 0.494 e. The van der Waals surface area contributed by atoms with Crippen LogP contribution in [0, 0.1) is 5.92 Å². The number of carbonyl (C=O) groups excluding carboxylic acids is 1. The SMILES string of the molecule is CCOc1ccc(-c2ccc(C(=O)C3CCC=C3C(=O)O)cc2)cc1. The van der Waals surface area contributed by atoms with E-state index in [1.807, 2.05) is 43.3 Å². The van der Waals surface area contributed by atoms with E-state index in [2.05, 4.69) is 0 Å². The minimum Gasteiger partial charge on any atom is -0.494 e. The van der Waals surface area contributed by atoms with Crippen molar-refractivity contribution >= 4 is 11.8 Å². The van der Waals surface area contributed by atoms with E-state index in [4.69, 9.17) is 4.74 Å². The molecule has 0 fully saturated rings. The van der Waals surface area contributed by atoms with Gasteiger partial charge in [-0.1, -0.05) is 42.5 Å². The Morgan fingerprint density at radius 1 is 1.04 bits per heavy atom. The fourth-order valence-corrected chi connectivity index (χ4v) is 3.15. The highest BCUT2D eigenvalue weighted by Crippen LogP contribution is 2.30. The molecule has 0 heterocycles. The summed E-state index contributed by atoms with van der Waals surface area (Å²) in [4.78, 5) is 23.8. The van der Waals surface area contributed by atoms with Gasteiger partial charge in [0.15, 0.2) is 5.78 Å². The van der Waals surface area contributed by atoms with E-state index < -0.39 is 11.9 Å². The van der Waals surface area contributed by atoms with E-state index in [1.165, 1.54) is 0 Å². The number of allylic oxidation sites excluding steroid dienone is 1. The van der Waals surface area contributed by atoms with Crippen LogP contribution in [0.5, 0.6) is 5.75 Å². The normalized spacial score (nSPS) is 16.4. The molecule has 0 saturated carbocycles. The van der Waals surface area contributed by atoms with Crippen molar-refractivity contribution in [2.75, 3.05) is 6.61 Å². The molecule has 1 N–H and O–H groups in total. The summed E-state index contributed by atoms with van der Waals surface area (Å²) >= 11 is 0. The molecule has 2 aromatic carbocycles. The monoisotopic (exact) mass is 336 g/mol. The molecule has 1 aliphatic carbocycles. The van der Waals surface area contributed by atoms with Gasteiger partial charge in [0.1, 0.15) is 5.75 Å². The third-order valence-electron chi connectivity index (χ3n) is 4.43. The molecule has 0 spiro atoms. The number of aliphatic carboxylic acids is 1. The van der Waals surface area contributed by atoms with Crippen LogP contribution in [0.15, 0.2) is 60.2 Å². The number of carboxylic acid groups (broad SMARTS) is 1. The van der Waals surface area contributed by atoms with Crippen molar-refractivity contribution in [1.82, 2.24) is 0 Å². The summed E-state index contributed by atoms with van der Waals surface area (Å²) in [6.45, 7) is 2.57. The summed E-state index contributed by atoms with van der Waals surface area (Å²) in [5, 5.41) is 9.20. The van der Waals surface area contributed by atoms with Crippen LogP contribution in [0.25, 0.3) is 11.1 Å². The highest BCUT2D eigenvalue weighted by atomic mass is 16.5. The predicted molar refractivity (Wildman–Crippen MR) is 95.8 cm³/mol. The first kappa shape index (κ1) is 17.0. The van der Waals surface area contributed by atoms with Crippen LogP contribution in [-0.4, -0.2) is 23.5 Å². The molecule has 25 heavy (non-hydrogen) atoms. The molecule has 1 unspecified atom stereocenters. The smallest absolute Gasteiger partial charge is 0.331 e. The van der Waals surface area contributed by atoms with E-state index >= 15 is 0 Å². The molecule has 4 heteroatoms. The van der Waals surface area contributed by atoms with Crippen molar-refractivity contribution in [3.8, 4) is 16.9 Å². The Morgan fingerprint density at radius 3 is 2.20 bits per heavy atom. The average Bonchev–Trinajstić information content (AvgIpc) is 3.12. The fraction of sp³-hybridized carbons (Fsp3) is 0.238. The van der Waals surface area contributed by atoms with Crippen LogP contribution in [0.4, 0.5) is 0 Å². The molecule has 1 atom stereocenters. The molecular weight excluding hydrogens is 316 g/mol. The van der Waals surface area contributed by atoms with Crippen molar-refractivity contribution in [2.45, 2.75) is 19.8 Å². The first-order valence-corrected chi connectivity index (χ1v) is 8.41. The molecule has 3 rings (SSSR count). The van der Waals surface area contributed by atoms with Crippen LogP contribution in [0.1, 0.15) is 30.1 Å². The lowest BCUT2D eigenvalue weighted by Gasteiger charge is -2.11. The molecular formula is C21H20O4. The minimum atomic E-state index is -0.998. The summed E-state index contributed by atoms with van der Waals surface area (Å²) in [5.74, 6) is -0.827. The summed E-state index contributed by atoms with van der Waals surface area (Å²) in [5.41, 5.74) is 2.81. The van der Waals surface area contributed by atoms with E-state index in [0.717, 1.165) is 16.9 Å². The van der Waals surface area contributed by atoms with Gasteiger partial charge in [-0.2, -0.15) is 0 Å². The molecule has 128 valence electrons. The predicted octanol–water partition coefficient (Wildman–Crippen LogP) is 4.36. The second-order valence-corrected chi connectivity index (χ2v) is 5.99. The summed E-state index contributed by atoms with van der Waals surface area (Å²) in [6.07, 6.45) is 2.86. The van der Waals surface area contributed by atoms with Gasteiger partial charge in [-0.3, -0.25) is 4.79 Å². The molecule has 2 aromatic rings. The third kappa shape index (κ3) is 3.63. The van der Waals surface area contributed by atoms with Crippen molar-refractivity contribution in [3.63, 3.8) is 0 Å². The highest BCUT2D eigenvalue weighted by molar-refractivity contribution is 6.05. The van der Waals surface area contributed by atoms with Crippen LogP contribution in [0.2, 0.25) is 0 Å². The van der Waals surface area contributed by atoms with Crippen LogP contribution in [0.3, 0.4) is 0 Å². The van der Waals surface area contributed by atoms with Crippen LogP contribution < -0.4 is 4.74 Å². The van der Waals surface area contributed by atoms with Gasteiger partial charge in [0, 0.05) is 11.1 Å². The molecule has 1 aliphatic rings. The van der Waals surface area contributed by atoms with Crippen molar-refractivity contribution < 1.29 is 19.4 Å². The summed E-state index contributed by atoms with van der Waals surface area (Å²) in [7, 11) is 0. The number of Topliss-reactive ketones (excluding diaryl/α,β-unsaturated/α-hetero) is 1. The van der Waals surface area contributed by atoms with Crippen LogP contribution in [-0.2, 0) is 4.79 Å². The van der Waals surface area contributed by atoms with E-state index in [0.29, 0.717) is 25.0 Å². The Bertz CT molecular complexity index is 801. The Balaban J connectivity index is 1.77. The molecule has 4 nitrogen and oxygen atoms in total. The van der Waals surface area contributed by atoms with Crippen molar-refractivity contribution in [1.29, 1.82) is 0 Å². The Kier molecular flexibility index (Phi) is 4.98. The van der Waals surface area contributed by atoms with Gasteiger partial charge in [-0.05, 0) is 43.0 Å². The Labute approximate surface area is 146 Å². The quantitative estimate of drug-likeness (QED) is 0.796. The maximum absolute atomic E-state index is 12.6. The molecule has 0 aliphatic heterocycles. The minimum absolute atomic E-state index is 0.121. The molecule has 0 saturated heterocycles. The second-order valence-electron chi connectivity index (χ2n) is 5.99. The molecule has 0 bridgehead atoms. The average molecular weight is 336 g/mol. The van der Waals surface area contributed by atoms with Gasteiger partial charge in [-0.15, -0.1) is 0 Å². The van der Waals surface area contributed by atoms with E-state index in [-0.39, 0.29) is 11.4 Å². The van der Waals surface area contributed by atoms with Crippen molar-refractivity contribution in [2.24, 2.45) is 5.92 Å². The topological polar surface area (TPSA) is 63.6 Å². The molecule has 0 aromatic heterocycles. The van der Waals surface area contributed by atoms with Crippen molar-refractivity contribution in [3.05, 3.63) is 65.7 Å². The summed E-state index contributed by atoms with van der Waals surface area (Å²) in [6, 6.07) is 15.1. The van der Waals surface area contributed by atoms with E-state index in [9.17, 15) is 14.7 Å². The third-order valence-corrected chi connectivity index (χ3v) is 4.43. The Morgan fingerprint density at radius 2 is 1.64 bits per heavy atom. The lowest BCUT2D eigenvalue weighted by molar-refractivity contribution is -0.133. The first-order chi connectivity index (χ1) is 12.1. The van der Waals surface area contributed by atoms with Gasteiger partial charge in [0.2, 0.25) is 0 Å². The zero-order chi connectivity index (χ0) is 17.8. The number of ketones is 1. The highest BCUT2D eigenvalue weighted by Gasteiger charge is 2.31. The number of carboxylic acids is 1. The van der Waals surface area contributed by atoms with Gasteiger partial charge >= 0.3 is 5.97 Å². The van der Waals surface area contributed by atoms with Crippen LogP contribution >= 0.6 is 0 Å². The number of benzene rings is 2. The lowest BCUT2D eigenvalue weighted by Crippen LogP contribution is -2.18. The standard InChI is InChI=1S/C21H20O4/c1-2-25-17-12-10-15(11-13-17)14-6-8-16(9-7-14)20(22)18-4-3-5-19(18)21(23)24/h5-13,18H,2-4H2,1H3,(H,23,24). The zero-order valence-electron chi connectivity index (χ0n) is 14.1. The lowest BCUT2D eigenvalue weighted by atomic mass is 9.91. The number of hydrogen-bond donors (Lipinski definition) is 1. The maximum Gasteiger partial charge on any atom is 0.331 e. The number of rotatable bonds is 6. The van der Waals surface area contributed by atoms with Gasteiger partial charge in [0.05, 0.1) is 12.5 Å². The van der Waals surface area contributed by atoms with E-state index in [1.54, 1.807) is 18.2 Å². The number of ether oxygens (including phenoxy) is 1. The second kappa shape index (κ2) is 7.34. The fourth-order valence-electron chi connectivity index (χ4n) is 3.15. The van der Waals surface area contributed by atoms with Gasteiger partial charge < -0.3 is 9.84 Å². The van der Waals surface area contributed by atoms with Gasteiger partial charge in [-0.25, -0.2) is 4.79 Å². The maximum atomic E-state index is 12.6. The zero-order valence-corrected chi connectivity index (χ0v) is 14.1. The molecule has 0 radical (unpaired) electrons. The summed E-state index contributed by atoms with van der Waals surface area (Å²) < 4.78 is 5.44. The first-order valence-electron chi connectivity index (χ1n) is 8.41. The molecule has 0 amide bonds. The number of carbonyl (C=O) groups is 2. The number of hydrogen-bond acceptors (Lipinski definition) is 3. The Hall–Kier alpha value is -2.88. The van der Waals surface area contributed by atoms with Gasteiger partial charge in [0.25, 0.3) is 0 Å².